The molecule has 1 aliphatic heterocycles. The third-order valence-electron chi connectivity index (χ3n) is 7.24. The van der Waals surface area contributed by atoms with Gasteiger partial charge < -0.3 is 23.7 Å². The summed E-state index contributed by atoms with van der Waals surface area (Å²) >= 11 is 6.01. The normalized spacial score (nSPS) is 14.0. The van der Waals surface area contributed by atoms with Crippen molar-refractivity contribution in [2.75, 3.05) is 53.5 Å². The number of hydrogen-bond donors (Lipinski definition) is 0. The number of furan rings is 1. The molecule has 0 bridgehead atoms. The average Bonchev–Trinajstić information content (AvgIpc) is 3.64. The van der Waals surface area contributed by atoms with Crippen molar-refractivity contribution < 1.29 is 27.1 Å². The van der Waals surface area contributed by atoms with E-state index in [2.05, 4.69) is 4.90 Å². The van der Waals surface area contributed by atoms with E-state index in [4.69, 9.17) is 25.5 Å². The minimum absolute atomic E-state index is 0.106. The Balaban J connectivity index is 1.56. The first-order chi connectivity index (χ1) is 19.7. The number of ether oxygens (including phenoxy) is 2. The van der Waals surface area contributed by atoms with E-state index in [-0.39, 0.29) is 30.4 Å². The molecule has 1 amide bonds. The molecule has 0 N–H and O–H groups in total. The van der Waals surface area contributed by atoms with Crippen LogP contribution in [0, 0.1) is 6.92 Å². The monoisotopic (exact) mass is 603 g/mol. The van der Waals surface area contributed by atoms with Gasteiger partial charge in [-0.05, 0) is 93.4 Å². The van der Waals surface area contributed by atoms with E-state index in [0.29, 0.717) is 41.8 Å². The van der Waals surface area contributed by atoms with Gasteiger partial charge in [0, 0.05) is 24.7 Å². The van der Waals surface area contributed by atoms with Crippen LogP contribution in [-0.2, 0) is 27.8 Å². The van der Waals surface area contributed by atoms with Crippen LogP contribution >= 0.6 is 11.6 Å². The largest absolute Gasteiger partial charge is 0.493 e. The van der Waals surface area contributed by atoms with Gasteiger partial charge in [-0.1, -0.05) is 17.7 Å². The van der Waals surface area contributed by atoms with E-state index in [1.807, 2.05) is 37.3 Å². The molecule has 0 aliphatic carbocycles. The fraction of sp³-hybridized carbons (Fsp3) is 0.433. The predicted octanol–water partition coefficient (Wildman–Crippen LogP) is 4.62. The second kappa shape index (κ2) is 14.2. The molecule has 11 heteroatoms. The lowest BCUT2D eigenvalue weighted by Crippen LogP contribution is -2.45. The Labute approximate surface area is 247 Å². The van der Waals surface area contributed by atoms with E-state index in [1.54, 1.807) is 31.3 Å². The summed E-state index contributed by atoms with van der Waals surface area (Å²) in [5.41, 5.74) is 0.954. The van der Waals surface area contributed by atoms with E-state index < -0.39 is 10.0 Å². The van der Waals surface area contributed by atoms with Crippen LogP contribution in [0.4, 0.5) is 0 Å². The number of carbonyl (C=O) groups excluding carboxylic acids is 1. The second-order valence-corrected chi connectivity index (χ2v) is 12.5. The van der Waals surface area contributed by atoms with Crippen molar-refractivity contribution in [1.29, 1.82) is 0 Å². The number of sulfonamides is 1. The summed E-state index contributed by atoms with van der Waals surface area (Å²) in [6.07, 6.45) is 2.72. The first-order valence-electron chi connectivity index (χ1n) is 13.7. The first kappa shape index (κ1) is 30.9. The minimum atomic E-state index is -3.94. The van der Waals surface area contributed by atoms with Crippen LogP contribution < -0.4 is 9.47 Å². The number of methoxy groups -OCH3 is 2. The number of aryl methyl sites for hydroxylation is 1. The van der Waals surface area contributed by atoms with E-state index >= 15 is 0 Å². The Morgan fingerprint density at radius 3 is 2.32 bits per heavy atom. The third-order valence-corrected chi connectivity index (χ3v) is 9.35. The van der Waals surface area contributed by atoms with E-state index in [1.165, 1.54) is 16.4 Å². The number of amides is 1. The highest BCUT2D eigenvalue weighted by Gasteiger charge is 2.29. The number of likely N-dealkylation sites (tertiary alicyclic amines) is 1. The van der Waals surface area contributed by atoms with Crippen molar-refractivity contribution in [3.63, 3.8) is 0 Å². The molecule has 1 fully saturated rings. The zero-order chi connectivity index (χ0) is 29.4. The molecular weight excluding hydrogens is 566 g/mol. The van der Waals surface area contributed by atoms with Gasteiger partial charge in [-0.3, -0.25) is 4.79 Å². The summed E-state index contributed by atoms with van der Waals surface area (Å²) in [7, 11) is -0.786. The van der Waals surface area contributed by atoms with Gasteiger partial charge in [-0.25, -0.2) is 8.42 Å². The van der Waals surface area contributed by atoms with Crippen LogP contribution in [0.15, 0.2) is 63.9 Å². The van der Waals surface area contributed by atoms with Crippen molar-refractivity contribution in [2.45, 2.75) is 37.6 Å². The molecule has 0 saturated carbocycles. The summed E-state index contributed by atoms with van der Waals surface area (Å²) in [5.74, 6) is 2.29. The van der Waals surface area contributed by atoms with Gasteiger partial charge in [0.2, 0.25) is 15.9 Å². The van der Waals surface area contributed by atoms with Gasteiger partial charge in [-0.2, -0.15) is 4.31 Å². The Morgan fingerprint density at radius 1 is 0.976 bits per heavy atom. The molecule has 222 valence electrons. The molecule has 2 aromatic carbocycles. The summed E-state index contributed by atoms with van der Waals surface area (Å²) in [5, 5.41) is 0.443. The highest BCUT2D eigenvalue weighted by atomic mass is 35.5. The fourth-order valence-electron chi connectivity index (χ4n) is 4.90. The molecule has 9 nitrogen and oxygen atoms in total. The maximum atomic E-state index is 13.8. The molecule has 4 rings (SSSR count). The molecule has 41 heavy (non-hydrogen) atoms. The maximum Gasteiger partial charge on any atom is 0.243 e. The van der Waals surface area contributed by atoms with Crippen molar-refractivity contribution in [2.24, 2.45) is 0 Å². The summed E-state index contributed by atoms with van der Waals surface area (Å²) in [6, 6.07) is 15.4. The molecule has 2 heterocycles. The van der Waals surface area contributed by atoms with Crippen LogP contribution in [0.2, 0.25) is 5.02 Å². The molecule has 0 spiro atoms. The topological polar surface area (TPSA) is 92.5 Å². The number of halogens is 1. The average molecular weight is 604 g/mol. The van der Waals surface area contributed by atoms with Crippen LogP contribution in [-0.4, -0.2) is 81.9 Å². The Bertz CT molecular complexity index is 1400. The predicted molar refractivity (Wildman–Crippen MR) is 158 cm³/mol. The zero-order valence-corrected chi connectivity index (χ0v) is 25.4. The minimum Gasteiger partial charge on any atom is -0.493 e. The van der Waals surface area contributed by atoms with Crippen molar-refractivity contribution >= 4 is 27.5 Å². The van der Waals surface area contributed by atoms with E-state index in [0.717, 1.165) is 37.3 Å². The summed E-state index contributed by atoms with van der Waals surface area (Å²) < 4.78 is 45.3. The smallest absolute Gasteiger partial charge is 0.243 e. The lowest BCUT2D eigenvalue weighted by molar-refractivity contribution is -0.132. The summed E-state index contributed by atoms with van der Waals surface area (Å²) in [4.78, 5) is 17.8. The number of nitrogens with zero attached hydrogens (tertiary/aromatic N) is 3. The van der Waals surface area contributed by atoms with Crippen molar-refractivity contribution in [1.82, 2.24) is 14.1 Å². The van der Waals surface area contributed by atoms with Crippen molar-refractivity contribution in [3.05, 3.63) is 76.7 Å². The standard InChI is InChI=1S/C30H38ClN3O6S/c1-23-6-10-26(40-23)21-33(17-14-24-7-13-28(38-2)29(20-24)39-3)30(35)22-34(19-18-32-15-4-5-16-32)41(36,37)27-11-8-25(31)9-12-27/h6-13,20H,4-5,14-19,21-22H2,1-3H3. The molecule has 1 aromatic heterocycles. The van der Waals surface area contributed by atoms with Gasteiger partial charge in [-0.15, -0.1) is 0 Å². The number of benzene rings is 2. The highest BCUT2D eigenvalue weighted by molar-refractivity contribution is 7.89. The van der Waals surface area contributed by atoms with Gasteiger partial charge >= 0.3 is 0 Å². The van der Waals surface area contributed by atoms with Crippen LogP contribution in [0.5, 0.6) is 11.5 Å². The Kier molecular flexibility index (Phi) is 10.7. The first-order valence-corrected chi connectivity index (χ1v) is 15.5. The maximum absolute atomic E-state index is 13.8. The fourth-order valence-corrected chi connectivity index (χ4v) is 6.41. The third kappa shape index (κ3) is 8.25. The molecule has 0 atom stereocenters. The molecule has 0 radical (unpaired) electrons. The van der Waals surface area contributed by atoms with E-state index in [9.17, 15) is 13.2 Å². The SMILES string of the molecule is COc1ccc(CCN(Cc2ccc(C)o2)C(=O)CN(CCN2CCCC2)S(=O)(=O)c2ccc(Cl)cc2)cc1OC. The molecule has 0 unspecified atom stereocenters. The Hall–Kier alpha value is -3.05. The zero-order valence-electron chi connectivity index (χ0n) is 23.8. The molecule has 1 aliphatic rings. The lowest BCUT2D eigenvalue weighted by Gasteiger charge is -2.28. The molecule has 3 aromatic rings. The van der Waals surface area contributed by atoms with Crippen LogP contribution in [0.25, 0.3) is 0 Å². The van der Waals surface area contributed by atoms with Gasteiger partial charge in [0.05, 0.1) is 32.2 Å². The quantitative estimate of drug-likeness (QED) is 0.266. The highest BCUT2D eigenvalue weighted by Crippen LogP contribution is 2.28. The number of hydrogen-bond acceptors (Lipinski definition) is 7. The van der Waals surface area contributed by atoms with Gasteiger partial charge in [0.15, 0.2) is 11.5 Å². The summed E-state index contributed by atoms with van der Waals surface area (Å²) in [6.45, 7) is 4.76. The molecule has 1 saturated heterocycles. The lowest BCUT2D eigenvalue weighted by atomic mass is 10.1. The van der Waals surface area contributed by atoms with Crippen molar-refractivity contribution in [3.8, 4) is 11.5 Å². The second-order valence-electron chi connectivity index (χ2n) is 10.1. The van der Waals surface area contributed by atoms with Crippen LogP contribution in [0.3, 0.4) is 0 Å². The van der Waals surface area contributed by atoms with Gasteiger partial charge in [0.1, 0.15) is 11.5 Å². The Morgan fingerprint density at radius 2 is 1.68 bits per heavy atom. The van der Waals surface area contributed by atoms with Gasteiger partial charge in [0.25, 0.3) is 0 Å². The number of carbonyl (C=O) groups is 1. The molecular formula is C30H38ClN3O6S. The number of rotatable bonds is 14. The van der Waals surface area contributed by atoms with Crippen LogP contribution in [0.1, 0.15) is 29.9 Å².